The summed E-state index contributed by atoms with van der Waals surface area (Å²) in [5.74, 6) is 0. The number of hydrogen-bond donors (Lipinski definition) is 0. The van der Waals surface area contributed by atoms with E-state index < -0.39 is 10.2 Å². The second-order valence-corrected chi connectivity index (χ2v) is 7.60. The number of hydrogen-bond acceptors (Lipinski definition) is 3. The minimum atomic E-state index is -3.46. The molecule has 7 heteroatoms. The second-order valence-electron chi connectivity index (χ2n) is 5.50. The minimum absolute atomic E-state index is 0.0838. The van der Waals surface area contributed by atoms with Gasteiger partial charge in [-0.25, -0.2) is 4.68 Å². The molecule has 0 amide bonds. The van der Waals surface area contributed by atoms with E-state index in [2.05, 4.69) is 5.10 Å². The van der Waals surface area contributed by atoms with Gasteiger partial charge in [-0.15, -0.1) is 0 Å². The van der Waals surface area contributed by atoms with Crippen LogP contribution in [0.4, 0.5) is 0 Å². The van der Waals surface area contributed by atoms with Gasteiger partial charge in [0.25, 0.3) is 10.2 Å². The van der Waals surface area contributed by atoms with Crippen molar-refractivity contribution in [3.05, 3.63) is 48.3 Å². The molecule has 0 aliphatic rings. The molecule has 0 aliphatic heterocycles. The van der Waals surface area contributed by atoms with Crippen LogP contribution in [-0.2, 0) is 16.8 Å². The fourth-order valence-corrected chi connectivity index (χ4v) is 3.27. The highest BCUT2D eigenvalue weighted by atomic mass is 32.2. The topological polar surface area (TPSA) is 58.4 Å². The van der Waals surface area contributed by atoms with Gasteiger partial charge in [-0.2, -0.15) is 22.1 Å². The predicted molar refractivity (Wildman–Crippen MR) is 86.8 cm³/mol. The van der Waals surface area contributed by atoms with E-state index in [-0.39, 0.29) is 12.6 Å². The van der Waals surface area contributed by atoms with Gasteiger partial charge in [-0.3, -0.25) is 0 Å². The van der Waals surface area contributed by atoms with Crippen LogP contribution in [0.25, 0.3) is 5.69 Å². The van der Waals surface area contributed by atoms with Gasteiger partial charge in [0.15, 0.2) is 0 Å². The number of rotatable bonds is 6. The van der Waals surface area contributed by atoms with Gasteiger partial charge in [-0.05, 0) is 26.0 Å². The van der Waals surface area contributed by atoms with E-state index in [4.69, 9.17) is 0 Å². The van der Waals surface area contributed by atoms with Crippen LogP contribution in [0.3, 0.4) is 0 Å². The molecule has 0 fully saturated rings. The van der Waals surface area contributed by atoms with Crippen LogP contribution in [0.15, 0.2) is 42.7 Å². The first-order chi connectivity index (χ1) is 10.3. The van der Waals surface area contributed by atoms with Crippen LogP contribution in [0.5, 0.6) is 0 Å². The molecule has 1 aromatic carbocycles. The van der Waals surface area contributed by atoms with Crippen molar-refractivity contribution in [2.24, 2.45) is 0 Å². The maximum atomic E-state index is 12.4. The Bertz CT molecular complexity index is 710. The van der Waals surface area contributed by atoms with Crippen molar-refractivity contribution in [2.45, 2.75) is 26.4 Å². The molecule has 0 atom stereocenters. The summed E-state index contributed by atoms with van der Waals surface area (Å²) < 4.78 is 29.2. The van der Waals surface area contributed by atoms with Gasteiger partial charge in [-0.1, -0.05) is 18.2 Å². The third kappa shape index (κ3) is 3.55. The van der Waals surface area contributed by atoms with Crippen molar-refractivity contribution < 1.29 is 8.42 Å². The lowest BCUT2D eigenvalue weighted by molar-refractivity contribution is 0.355. The molecule has 2 rings (SSSR count). The van der Waals surface area contributed by atoms with E-state index in [1.165, 1.54) is 8.61 Å². The van der Waals surface area contributed by atoms with Crippen molar-refractivity contribution in [1.82, 2.24) is 18.4 Å². The van der Waals surface area contributed by atoms with Gasteiger partial charge >= 0.3 is 0 Å². The molecule has 0 radical (unpaired) electrons. The van der Waals surface area contributed by atoms with Crippen LogP contribution in [-0.4, -0.2) is 46.9 Å². The Morgan fingerprint density at radius 3 is 2.41 bits per heavy atom. The lowest BCUT2D eigenvalue weighted by Crippen LogP contribution is -2.42. The Kier molecular flexibility index (Phi) is 5.00. The summed E-state index contributed by atoms with van der Waals surface area (Å²) in [6.45, 7) is 3.98. The quantitative estimate of drug-likeness (QED) is 0.816. The molecule has 1 aromatic heterocycles. The van der Waals surface area contributed by atoms with Crippen molar-refractivity contribution in [2.75, 3.05) is 14.1 Å². The van der Waals surface area contributed by atoms with Crippen molar-refractivity contribution in [1.29, 1.82) is 0 Å². The maximum absolute atomic E-state index is 12.4. The Hall–Kier alpha value is -1.70. The summed E-state index contributed by atoms with van der Waals surface area (Å²) in [4.78, 5) is 0. The highest BCUT2D eigenvalue weighted by Gasteiger charge is 2.25. The molecule has 0 saturated heterocycles. The molecule has 0 bridgehead atoms. The van der Waals surface area contributed by atoms with Crippen LogP contribution in [0.2, 0.25) is 0 Å². The third-order valence-corrected chi connectivity index (χ3v) is 5.61. The summed E-state index contributed by atoms with van der Waals surface area (Å²) in [5, 5.41) is 4.28. The Morgan fingerprint density at radius 1 is 1.18 bits per heavy atom. The molecule has 0 aliphatic carbocycles. The largest absolute Gasteiger partial charge is 0.282 e. The molecule has 22 heavy (non-hydrogen) atoms. The first kappa shape index (κ1) is 16.7. The fraction of sp³-hybridized carbons (Fsp3) is 0.400. The number of nitrogens with zero attached hydrogens (tertiary/aromatic N) is 4. The lowest BCUT2D eigenvalue weighted by Gasteiger charge is -2.26. The smallest absolute Gasteiger partial charge is 0.241 e. The normalized spacial score (nSPS) is 12.5. The molecule has 0 unspecified atom stereocenters. The van der Waals surface area contributed by atoms with Crippen molar-refractivity contribution >= 4 is 10.2 Å². The van der Waals surface area contributed by atoms with E-state index in [0.717, 1.165) is 11.3 Å². The standard InChI is InChI=1S/C15H22N4O2S/c1-13(2)18(4)22(20,21)17(3)11-14-10-16-19(12-14)15-8-6-5-7-9-15/h5-10,12-13H,11H2,1-4H3. The Morgan fingerprint density at radius 2 is 1.82 bits per heavy atom. The maximum Gasteiger partial charge on any atom is 0.282 e. The third-order valence-electron chi connectivity index (χ3n) is 3.55. The fourth-order valence-electron chi connectivity index (χ4n) is 1.99. The van der Waals surface area contributed by atoms with Gasteiger partial charge in [0.05, 0.1) is 11.9 Å². The second kappa shape index (κ2) is 6.60. The van der Waals surface area contributed by atoms with Crippen LogP contribution in [0, 0.1) is 0 Å². The molecule has 1 heterocycles. The van der Waals surface area contributed by atoms with Gasteiger partial charge < -0.3 is 0 Å². The Balaban J connectivity index is 2.13. The molecule has 120 valence electrons. The minimum Gasteiger partial charge on any atom is -0.241 e. The van der Waals surface area contributed by atoms with E-state index >= 15 is 0 Å². The lowest BCUT2D eigenvalue weighted by atomic mass is 10.3. The molecular formula is C15H22N4O2S. The van der Waals surface area contributed by atoms with Gasteiger partial charge in [0.1, 0.15) is 0 Å². The van der Waals surface area contributed by atoms with Crippen LogP contribution < -0.4 is 0 Å². The molecule has 6 nitrogen and oxygen atoms in total. The van der Waals surface area contributed by atoms with Crippen LogP contribution in [0.1, 0.15) is 19.4 Å². The summed E-state index contributed by atoms with van der Waals surface area (Å²) >= 11 is 0. The zero-order valence-electron chi connectivity index (χ0n) is 13.3. The Labute approximate surface area is 132 Å². The monoisotopic (exact) mass is 322 g/mol. The first-order valence-electron chi connectivity index (χ1n) is 7.10. The summed E-state index contributed by atoms with van der Waals surface area (Å²) in [5.41, 5.74) is 1.78. The molecule has 0 spiro atoms. The average molecular weight is 322 g/mol. The molecular weight excluding hydrogens is 300 g/mol. The van der Waals surface area contributed by atoms with Gasteiger partial charge in [0.2, 0.25) is 0 Å². The van der Waals surface area contributed by atoms with E-state index in [1.54, 1.807) is 25.0 Å². The van der Waals surface area contributed by atoms with Crippen LogP contribution >= 0.6 is 0 Å². The van der Waals surface area contributed by atoms with E-state index in [9.17, 15) is 8.42 Å². The van der Waals surface area contributed by atoms with Crippen molar-refractivity contribution in [3.8, 4) is 5.69 Å². The highest BCUT2D eigenvalue weighted by molar-refractivity contribution is 7.86. The highest BCUT2D eigenvalue weighted by Crippen LogP contribution is 2.13. The van der Waals surface area contributed by atoms with Gasteiger partial charge in [0, 0.05) is 38.4 Å². The number of benzene rings is 1. The molecule has 2 aromatic rings. The number of para-hydroxylation sites is 1. The average Bonchev–Trinajstić information content (AvgIpc) is 2.95. The molecule has 0 N–H and O–H groups in total. The summed E-state index contributed by atoms with van der Waals surface area (Å²) in [6.07, 6.45) is 3.53. The SMILES string of the molecule is CC(C)N(C)S(=O)(=O)N(C)Cc1cnn(-c2ccccc2)c1. The van der Waals surface area contributed by atoms with Crippen molar-refractivity contribution in [3.63, 3.8) is 0 Å². The number of aromatic nitrogens is 2. The summed E-state index contributed by atoms with van der Waals surface area (Å²) in [7, 11) is -0.298. The summed E-state index contributed by atoms with van der Waals surface area (Å²) in [6, 6.07) is 9.62. The van der Waals surface area contributed by atoms with E-state index in [0.29, 0.717) is 0 Å². The zero-order valence-corrected chi connectivity index (χ0v) is 14.2. The zero-order chi connectivity index (χ0) is 16.3. The van der Waals surface area contributed by atoms with E-state index in [1.807, 2.05) is 50.4 Å². The first-order valence-corrected chi connectivity index (χ1v) is 8.50. The molecule has 0 saturated carbocycles. The predicted octanol–water partition coefficient (Wildman–Crippen LogP) is 1.89.